The molecular formula is C24H24N4O4S. The van der Waals surface area contributed by atoms with Crippen LogP contribution in [0.25, 0.3) is 21.6 Å². The topological polar surface area (TPSA) is 95.3 Å². The second kappa shape index (κ2) is 9.41. The van der Waals surface area contributed by atoms with Gasteiger partial charge >= 0.3 is 5.97 Å². The first-order valence-electron chi connectivity index (χ1n) is 10.5. The van der Waals surface area contributed by atoms with E-state index in [9.17, 15) is 9.59 Å². The molecule has 1 atom stereocenters. The average Bonchev–Trinajstić information content (AvgIpc) is 3.48. The van der Waals surface area contributed by atoms with E-state index < -0.39 is 18.0 Å². The van der Waals surface area contributed by atoms with Crippen LogP contribution in [-0.2, 0) is 9.53 Å². The van der Waals surface area contributed by atoms with Gasteiger partial charge in [-0.05, 0) is 50.4 Å². The second-order valence-corrected chi connectivity index (χ2v) is 8.64. The Hall–Kier alpha value is -3.72. The van der Waals surface area contributed by atoms with Gasteiger partial charge in [0.15, 0.2) is 11.8 Å². The maximum Gasteiger partial charge on any atom is 0.339 e. The molecular weight excluding hydrogens is 440 g/mol. The molecule has 3 heterocycles. The highest BCUT2D eigenvalue weighted by Gasteiger charge is 2.24. The van der Waals surface area contributed by atoms with Crippen molar-refractivity contribution in [2.45, 2.75) is 32.9 Å². The van der Waals surface area contributed by atoms with E-state index in [0.29, 0.717) is 33.7 Å². The molecule has 0 saturated heterocycles. The number of nitrogens with zero attached hydrogens (tertiary/aromatic N) is 3. The highest BCUT2D eigenvalue weighted by Crippen LogP contribution is 2.29. The first kappa shape index (κ1) is 22.5. The van der Waals surface area contributed by atoms with Gasteiger partial charge in [0, 0.05) is 6.04 Å². The number of carbonyl (C=O) groups is 2. The number of fused-ring (bicyclic) bond motifs is 1. The van der Waals surface area contributed by atoms with Gasteiger partial charge in [-0.1, -0.05) is 18.2 Å². The fourth-order valence-electron chi connectivity index (χ4n) is 3.38. The van der Waals surface area contributed by atoms with Crippen LogP contribution in [-0.4, -0.2) is 39.9 Å². The van der Waals surface area contributed by atoms with Gasteiger partial charge in [-0.25, -0.2) is 14.5 Å². The van der Waals surface area contributed by atoms with Crippen LogP contribution in [0.4, 0.5) is 5.69 Å². The Kier molecular flexibility index (Phi) is 6.41. The lowest BCUT2D eigenvalue weighted by atomic mass is 10.1. The van der Waals surface area contributed by atoms with Crippen LogP contribution < -0.4 is 10.1 Å². The molecule has 9 heteroatoms. The zero-order chi connectivity index (χ0) is 23.5. The summed E-state index contributed by atoms with van der Waals surface area (Å²) in [4.78, 5) is 31.5. The highest BCUT2D eigenvalue weighted by atomic mass is 32.1. The van der Waals surface area contributed by atoms with Crippen LogP contribution in [0.15, 0.2) is 54.0 Å². The molecule has 1 amide bonds. The lowest BCUT2D eigenvalue weighted by Gasteiger charge is -2.16. The Balaban J connectivity index is 1.62. The number of methoxy groups -OCH3 is 1. The number of benzene rings is 1. The molecule has 1 N–H and O–H groups in total. The van der Waals surface area contributed by atoms with Crippen molar-refractivity contribution in [3.8, 4) is 16.3 Å². The summed E-state index contributed by atoms with van der Waals surface area (Å²) in [5.74, 6) is -0.567. The number of hydrogen-bond acceptors (Lipinski definition) is 7. The smallest absolute Gasteiger partial charge is 0.339 e. The Labute approximate surface area is 195 Å². The lowest BCUT2D eigenvalue weighted by molar-refractivity contribution is -0.123. The summed E-state index contributed by atoms with van der Waals surface area (Å²) in [6, 6.07) is 12.6. The monoisotopic (exact) mass is 464 g/mol. The SMILES string of the molecule is COc1ccccc1NC(=O)C(C)OC(=O)c1cc(-c2cccs2)nc2c1cnn2C(C)C. The molecule has 1 aromatic carbocycles. The molecule has 4 rings (SSSR count). The standard InChI is InChI=1S/C24H24N4O4S/c1-14(2)28-22-17(13-25-28)16(12-19(26-22)21-10-7-11-33-21)24(30)32-15(3)23(29)27-18-8-5-6-9-20(18)31-4/h5-15H,1-4H3,(H,27,29). The van der Waals surface area contributed by atoms with Crippen molar-refractivity contribution in [3.63, 3.8) is 0 Å². The van der Waals surface area contributed by atoms with Gasteiger partial charge in [-0.3, -0.25) is 4.79 Å². The summed E-state index contributed by atoms with van der Waals surface area (Å²) >= 11 is 1.53. The number of thiophene rings is 1. The van der Waals surface area contributed by atoms with E-state index in [1.807, 2.05) is 31.4 Å². The number of aromatic nitrogens is 3. The number of anilines is 1. The molecule has 0 radical (unpaired) electrons. The van der Waals surface area contributed by atoms with Crippen LogP contribution in [0.1, 0.15) is 37.2 Å². The van der Waals surface area contributed by atoms with Gasteiger partial charge in [0.1, 0.15) is 5.75 Å². The van der Waals surface area contributed by atoms with Crippen molar-refractivity contribution in [2.24, 2.45) is 0 Å². The van der Waals surface area contributed by atoms with Crippen LogP contribution in [0.5, 0.6) is 5.75 Å². The van der Waals surface area contributed by atoms with Crippen LogP contribution in [0.3, 0.4) is 0 Å². The summed E-state index contributed by atoms with van der Waals surface area (Å²) in [5, 5.41) is 9.67. The van der Waals surface area contributed by atoms with Gasteiger partial charge in [0.05, 0.1) is 40.5 Å². The number of esters is 1. The van der Waals surface area contributed by atoms with Crippen LogP contribution in [0, 0.1) is 0 Å². The van der Waals surface area contributed by atoms with Gasteiger partial charge in [0.2, 0.25) is 0 Å². The molecule has 170 valence electrons. The molecule has 0 spiro atoms. The quantitative estimate of drug-likeness (QED) is 0.390. The number of pyridine rings is 1. The molecule has 1 unspecified atom stereocenters. The lowest BCUT2D eigenvalue weighted by Crippen LogP contribution is -2.30. The molecule has 4 aromatic rings. The summed E-state index contributed by atoms with van der Waals surface area (Å²) in [5.41, 5.74) is 2.05. The van der Waals surface area contributed by atoms with E-state index in [1.165, 1.54) is 25.4 Å². The van der Waals surface area contributed by atoms with Crippen molar-refractivity contribution >= 4 is 39.9 Å². The fourth-order valence-corrected chi connectivity index (χ4v) is 4.06. The zero-order valence-corrected chi connectivity index (χ0v) is 19.6. The number of rotatable bonds is 7. The van der Waals surface area contributed by atoms with Gasteiger partial charge < -0.3 is 14.8 Å². The van der Waals surface area contributed by atoms with Gasteiger partial charge in [0.25, 0.3) is 5.91 Å². The minimum Gasteiger partial charge on any atom is -0.495 e. The van der Waals surface area contributed by atoms with E-state index in [1.54, 1.807) is 41.2 Å². The zero-order valence-electron chi connectivity index (χ0n) is 18.7. The Morgan fingerprint density at radius 1 is 1.12 bits per heavy atom. The molecule has 0 bridgehead atoms. The van der Waals surface area contributed by atoms with E-state index >= 15 is 0 Å². The molecule has 0 saturated carbocycles. The molecule has 0 aliphatic rings. The van der Waals surface area contributed by atoms with Crippen molar-refractivity contribution in [1.82, 2.24) is 14.8 Å². The molecule has 0 aliphatic carbocycles. The Morgan fingerprint density at radius 3 is 2.61 bits per heavy atom. The average molecular weight is 465 g/mol. The number of nitrogens with one attached hydrogen (secondary N) is 1. The third-order valence-electron chi connectivity index (χ3n) is 5.07. The molecule has 0 fully saturated rings. The highest BCUT2D eigenvalue weighted by molar-refractivity contribution is 7.13. The Morgan fingerprint density at radius 2 is 1.91 bits per heavy atom. The minimum atomic E-state index is -1.03. The normalized spacial score (nSPS) is 12.0. The van der Waals surface area contributed by atoms with Crippen molar-refractivity contribution in [2.75, 3.05) is 12.4 Å². The minimum absolute atomic E-state index is 0.0583. The van der Waals surface area contributed by atoms with Crippen LogP contribution in [0.2, 0.25) is 0 Å². The third kappa shape index (κ3) is 4.58. The number of hydrogen-bond donors (Lipinski definition) is 1. The van der Waals surface area contributed by atoms with Gasteiger partial charge in [-0.15, -0.1) is 11.3 Å². The summed E-state index contributed by atoms with van der Waals surface area (Å²) in [7, 11) is 1.52. The molecule has 33 heavy (non-hydrogen) atoms. The van der Waals surface area contributed by atoms with E-state index in [-0.39, 0.29) is 6.04 Å². The second-order valence-electron chi connectivity index (χ2n) is 7.69. The summed E-state index contributed by atoms with van der Waals surface area (Å²) in [6.07, 6.45) is 0.576. The molecule has 3 aromatic heterocycles. The van der Waals surface area contributed by atoms with E-state index in [4.69, 9.17) is 14.5 Å². The molecule has 8 nitrogen and oxygen atoms in total. The third-order valence-corrected chi connectivity index (χ3v) is 5.96. The van der Waals surface area contributed by atoms with Crippen LogP contribution >= 0.6 is 11.3 Å². The predicted octanol–water partition coefficient (Wildman–Crippen LogP) is 4.93. The number of para-hydroxylation sites is 2. The van der Waals surface area contributed by atoms with Crippen molar-refractivity contribution in [1.29, 1.82) is 0 Å². The Bertz CT molecular complexity index is 1300. The number of carbonyl (C=O) groups excluding carboxylic acids is 2. The van der Waals surface area contributed by atoms with Crippen molar-refractivity contribution < 1.29 is 19.1 Å². The van der Waals surface area contributed by atoms with Gasteiger partial charge in [-0.2, -0.15) is 5.10 Å². The largest absolute Gasteiger partial charge is 0.495 e. The predicted molar refractivity (Wildman–Crippen MR) is 128 cm³/mol. The summed E-state index contributed by atoms with van der Waals surface area (Å²) in [6.45, 7) is 5.52. The number of ether oxygens (including phenoxy) is 2. The first-order valence-corrected chi connectivity index (χ1v) is 11.3. The van der Waals surface area contributed by atoms with Crippen molar-refractivity contribution in [3.05, 3.63) is 59.6 Å². The fraction of sp³-hybridized carbons (Fsp3) is 0.250. The number of amides is 1. The maximum atomic E-state index is 13.2. The maximum absolute atomic E-state index is 13.2. The summed E-state index contributed by atoms with van der Waals surface area (Å²) < 4.78 is 12.6. The first-order chi connectivity index (χ1) is 15.9. The van der Waals surface area contributed by atoms with E-state index in [2.05, 4.69) is 10.4 Å². The van der Waals surface area contributed by atoms with E-state index in [0.717, 1.165) is 4.88 Å². The molecule has 0 aliphatic heterocycles.